The van der Waals surface area contributed by atoms with Gasteiger partial charge >= 0.3 is 0 Å². The molecule has 1 aliphatic rings. The monoisotopic (exact) mass is 282 g/mol. The molecular formula is C15H22O3S. The lowest BCUT2D eigenvalue weighted by Gasteiger charge is -2.07. The molecular weight excluding hydrogens is 260 g/mol. The molecule has 0 spiro atoms. The highest BCUT2D eigenvalue weighted by atomic mass is 32.2. The van der Waals surface area contributed by atoms with Gasteiger partial charge in [0.1, 0.15) is 5.75 Å². The SMILES string of the molecule is CCCCS(=O)(=O)CCc1cccc(OC2CC2)c1. The summed E-state index contributed by atoms with van der Waals surface area (Å²) in [6.45, 7) is 2.01. The second-order valence-electron chi connectivity index (χ2n) is 5.22. The van der Waals surface area contributed by atoms with E-state index in [0.717, 1.165) is 37.0 Å². The number of hydrogen-bond acceptors (Lipinski definition) is 3. The number of ether oxygens (including phenoxy) is 1. The van der Waals surface area contributed by atoms with Crippen molar-refractivity contribution in [3.63, 3.8) is 0 Å². The molecule has 1 aliphatic carbocycles. The van der Waals surface area contributed by atoms with Crippen molar-refractivity contribution in [2.45, 2.75) is 45.1 Å². The fourth-order valence-electron chi connectivity index (χ4n) is 1.89. The third kappa shape index (κ3) is 5.23. The molecule has 1 fully saturated rings. The van der Waals surface area contributed by atoms with Crippen molar-refractivity contribution in [3.05, 3.63) is 29.8 Å². The van der Waals surface area contributed by atoms with Crippen LogP contribution in [0.4, 0.5) is 0 Å². The molecule has 0 bridgehead atoms. The van der Waals surface area contributed by atoms with E-state index >= 15 is 0 Å². The molecule has 0 heterocycles. The number of unbranched alkanes of at least 4 members (excludes halogenated alkanes) is 1. The first-order valence-electron chi connectivity index (χ1n) is 7.05. The molecule has 0 atom stereocenters. The Labute approximate surface area is 115 Å². The van der Waals surface area contributed by atoms with E-state index in [1.54, 1.807) is 0 Å². The summed E-state index contributed by atoms with van der Waals surface area (Å²) in [5, 5.41) is 0. The van der Waals surface area contributed by atoms with E-state index in [1.165, 1.54) is 0 Å². The van der Waals surface area contributed by atoms with E-state index < -0.39 is 9.84 Å². The third-order valence-corrected chi connectivity index (χ3v) is 4.97. The predicted octanol–water partition coefficient (Wildman–Crippen LogP) is 2.99. The Morgan fingerprint density at radius 2 is 2.05 bits per heavy atom. The van der Waals surface area contributed by atoms with Crippen LogP contribution in [0, 0.1) is 0 Å². The van der Waals surface area contributed by atoms with Gasteiger partial charge in [-0.3, -0.25) is 0 Å². The Hall–Kier alpha value is -1.03. The van der Waals surface area contributed by atoms with E-state index in [-0.39, 0.29) is 5.75 Å². The van der Waals surface area contributed by atoms with Crippen LogP contribution in [0.1, 0.15) is 38.2 Å². The molecule has 0 N–H and O–H groups in total. The number of benzene rings is 1. The van der Waals surface area contributed by atoms with Crippen molar-refractivity contribution in [2.24, 2.45) is 0 Å². The zero-order chi connectivity index (χ0) is 13.7. The summed E-state index contributed by atoms with van der Waals surface area (Å²) < 4.78 is 29.3. The zero-order valence-electron chi connectivity index (χ0n) is 11.5. The van der Waals surface area contributed by atoms with Crippen molar-refractivity contribution in [2.75, 3.05) is 11.5 Å². The molecule has 3 nitrogen and oxygen atoms in total. The fourth-order valence-corrected chi connectivity index (χ4v) is 3.37. The third-order valence-electron chi connectivity index (χ3n) is 3.24. The summed E-state index contributed by atoms with van der Waals surface area (Å²) in [5.74, 6) is 1.41. The lowest BCUT2D eigenvalue weighted by atomic mass is 10.2. The number of hydrogen-bond donors (Lipinski definition) is 0. The van der Waals surface area contributed by atoms with E-state index in [2.05, 4.69) is 0 Å². The van der Waals surface area contributed by atoms with Crippen LogP contribution in [-0.4, -0.2) is 26.0 Å². The quantitative estimate of drug-likeness (QED) is 0.736. The maximum absolute atomic E-state index is 11.8. The molecule has 106 valence electrons. The first-order chi connectivity index (χ1) is 9.09. The van der Waals surface area contributed by atoms with E-state index in [4.69, 9.17) is 4.74 Å². The highest BCUT2D eigenvalue weighted by Crippen LogP contribution is 2.27. The molecule has 2 rings (SSSR count). The first-order valence-corrected chi connectivity index (χ1v) is 8.87. The number of rotatable bonds is 8. The minimum atomic E-state index is -2.91. The largest absolute Gasteiger partial charge is 0.490 e. The van der Waals surface area contributed by atoms with Gasteiger partial charge in [0.05, 0.1) is 17.6 Å². The van der Waals surface area contributed by atoms with Crippen molar-refractivity contribution in [1.82, 2.24) is 0 Å². The Bertz CT molecular complexity index is 504. The molecule has 0 amide bonds. The summed E-state index contributed by atoms with van der Waals surface area (Å²) in [6, 6.07) is 7.81. The minimum Gasteiger partial charge on any atom is -0.490 e. The summed E-state index contributed by atoms with van der Waals surface area (Å²) in [4.78, 5) is 0. The Morgan fingerprint density at radius 3 is 2.74 bits per heavy atom. The van der Waals surface area contributed by atoms with Crippen LogP contribution in [0.15, 0.2) is 24.3 Å². The summed E-state index contributed by atoms with van der Waals surface area (Å²) in [7, 11) is -2.91. The van der Waals surface area contributed by atoms with Gasteiger partial charge in [-0.1, -0.05) is 25.5 Å². The van der Waals surface area contributed by atoms with Crippen LogP contribution < -0.4 is 4.74 Å². The Kier molecular flexibility index (Phi) is 4.86. The maximum Gasteiger partial charge on any atom is 0.150 e. The minimum absolute atomic E-state index is 0.236. The number of sulfone groups is 1. The topological polar surface area (TPSA) is 43.4 Å². The lowest BCUT2D eigenvalue weighted by molar-refractivity contribution is 0.303. The van der Waals surface area contributed by atoms with Gasteiger partial charge in [-0.2, -0.15) is 0 Å². The van der Waals surface area contributed by atoms with Crippen molar-refractivity contribution in [1.29, 1.82) is 0 Å². The first kappa shape index (κ1) is 14.4. The summed E-state index contributed by atoms with van der Waals surface area (Å²) in [5.41, 5.74) is 1.04. The van der Waals surface area contributed by atoms with Gasteiger partial charge in [0, 0.05) is 0 Å². The molecule has 1 saturated carbocycles. The maximum atomic E-state index is 11.8. The van der Waals surface area contributed by atoms with Gasteiger partial charge in [0.15, 0.2) is 9.84 Å². The van der Waals surface area contributed by atoms with Crippen LogP contribution in [0.3, 0.4) is 0 Å². The molecule has 0 radical (unpaired) electrons. The average molecular weight is 282 g/mol. The van der Waals surface area contributed by atoms with Gasteiger partial charge in [-0.15, -0.1) is 0 Å². The zero-order valence-corrected chi connectivity index (χ0v) is 12.3. The summed E-state index contributed by atoms with van der Waals surface area (Å²) in [6.07, 6.45) is 4.90. The van der Waals surface area contributed by atoms with Crippen LogP contribution >= 0.6 is 0 Å². The van der Waals surface area contributed by atoms with Crippen LogP contribution in [0.25, 0.3) is 0 Å². The second kappa shape index (κ2) is 6.42. The molecule has 4 heteroatoms. The van der Waals surface area contributed by atoms with Gasteiger partial charge in [-0.25, -0.2) is 8.42 Å². The summed E-state index contributed by atoms with van der Waals surface area (Å²) >= 11 is 0. The van der Waals surface area contributed by atoms with Crippen LogP contribution in [-0.2, 0) is 16.3 Å². The average Bonchev–Trinajstić information content (AvgIpc) is 3.19. The van der Waals surface area contributed by atoms with Gasteiger partial charge in [0.2, 0.25) is 0 Å². The highest BCUT2D eigenvalue weighted by molar-refractivity contribution is 7.91. The van der Waals surface area contributed by atoms with E-state index in [0.29, 0.717) is 18.3 Å². The number of aryl methyl sites for hydroxylation is 1. The Morgan fingerprint density at radius 1 is 1.26 bits per heavy atom. The molecule has 1 aromatic rings. The molecule has 1 aromatic carbocycles. The highest BCUT2D eigenvalue weighted by Gasteiger charge is 2.23. The van der Waals surface area contributed by atoms with Gasteiger partial charge in [-0.05, 0) is 43.4 Å². The molecule has 0 aliphatic heterocycles. The van der Waals surface area contributed by atoms with E-state index in [9.17, 15) is 8.42 Å². The predicted molar refractivity (Wildman–Crippen MR) is 77.4 cm³/mol. The van der Waals surface area contributed by atoms with Gasteiger partial charge < -0.3 is 4.74 Å². The smallest absolute Gasteiger partial charge is 0.150 e. The fraction of sp³-hybridized carbons (Fsp3) is 0.600. The Balaban J connectivity index is 1.87. The normalized spacial score (nSPS) is 15.4. The van der Waals surface area contributed by atoms with E-state index in [1.807, 2.05) is 31.2 Å². The molecule has 0 aromatic heterocycles. The lowest BCUT2D eigenvalue weighted by Crippen LogP contribution is -2.13. The molecule has 19 heavy (non-hydrogen) atoms. The standard InChI is InChI=1S/C15H22O3S/c1-2-3-10-19(16,17)11-9-13-5-4-6-15(12-13)18-14-7-8-14/h4-6,12,14H,2-3,7-11H2,1H3. The second-order valence-corrected chi connectivity index (χ2v) is 7.52. The molecule has 0 saturated heterocycles. The molecule has 0 unspecified atom stereocenters. The van der Waals surface area contributed by atoms with Gasteiger partial charge in [0.25, 0.3) is 0 Å². The van der Waals surface area contributed by atoms with Crippen molar-refractivity contribution in [3.8, 4) is 5.75 Å². The van der Waals surface area contributed by atoms with Crippen molar-refractivity contribution >= 4 is 9.84 Å². The van der Waals surface area contributed by atoms with Crippen LogP contribution in [0.5, 0.6) is 5.75 Å². The van der Waals surface area contributed by atoms with Crippen molar-refractivity contribution < 1.29 is 13.2 Å². The van der Waals surface area contributed by atoms with Crippen LogP contribution in [0.2, 0.25) is 0 Å².